The van der Waals surface area contributed by atoms with Crippen molar-refractivity contribution in [2.45, 2.75) is 26.1 Å². The fraction of sp³-hybridized carbons (Fsp3) is 0.444. The summed E-state index contributed by atoms with van der Waals surface area (Å²) in [7, 11) is 0. The van der Waals surface area contributed by atoms with Crippen LogP contribution in [0.2, 0.25) is 5.02 Å². The highest BCUT2D eigenvalue weighted by Gasteiger charge is 2.33. The molecule has 134 valence electrons. The van der Waals surface area contributed by atoms with Gasteiger partial charge in [-0.2, -0.15) is 0 Å². The van der Waals surface area contributed by atoms with Crippen LogP contribution in [0.15, 0.2) is 36.8 Å². The zero-order chi connectivity index (χ0) is 17.6. The summed E-state index contributed by atoms with van der Waals surface area (Å²) < 4.78 is 5.30. The Balaban J connectivity index is 1.68. The molecule has 1 unspecified atom stereocenters. The van der Waals surface area contributed by atoms with Crippen LogP contribution in [-0.4, -0.2) is 58.0 Å². The van der Waals surface area contributed by atoms with Crippen LogP contribution in [0.25, 0.3) is 0 Å². The molecule has 0 radical (unpaired) electrons. The minimum Gasteiger partial charge on any atom is -0.465 e. The number of aromatic amines is 1. The van der Waals surface area contributed by atoms with Gasteiger partial charge in [0.1, 0.15) is 6.04 Å². The second kappa shape index (κ2) is 8.47. The number of benzene rings is 1. The lowest BCUT2D eigenvalue weighted by atomic mass is 10.1. The van der Waals surface area contributed by atoms with Crippen molar-refractivity contribution in [1.29, 1.82) is 0 Å². The highest BCUT2D eigenvalue weighted by atomic mass is 35.5. The molecule has 7 heteroatoms. The van der Waals surface area contributed by atoms with Crippen molar-refractivity contribution in [2.24, 2.45) is 0 Å². The maximum atomic E-state index is 12.5. The smallest absolute Gasteiger partial charge is 0.324 e. The monoisotopic (exact) mass is 362 g/mol. The Morgan fingerprint density at radius 1 is 1.32 bits per heavy atom. The maximum absolute atomic E-state index is 12.5. The van der Waals surface area contributed by atoms with Gasteiger partial charge in [-0.25, -0.2) is 4.98 Å². The minimum absolute atomic E-state index is 0.161. The van der Waals surface area contributed by atoms with Crippen LogP contribution < -0.4 is 0 Å². The Morgan fingerprint density at radius 2 is 2.12 bits per heavy atom. The molecule has 1 N–H and O–H groups in total. The molecule has 0 saturated carbocycles. The summed E-state index contributed by atoms with van der Waals surface area (Å²) >= 11 is 5.96. The predicted octanol–water partition coefficient (Wildman–Crippen LogP) is 2.31. The van der Waals surface area contributed by atoms with E-state index in [-0.39, 0.29) is 12.0 Å². The summed E-state index contributed by atoms with van der Waals surface area (Å²) in [5, 5.41) is 0.718. The fourth-order valence-electron chi connectivity index (χ4n) is 3.11. The third-order valence-electron chi connectivity index (χ3n) is 4.38. The molecule has 1 aromatic carbocycles. The van der Waals surface area contributed by atoms with E-state index < -0.39 is 0 Å². The van der Waals surface area contributed by atoms with Crippen LogP contribution in [0.5, 0.6) is 0 Å². The van der Waals surface area contributed by atoms with E-state index in [1.807, 2.05) is 37.4 Å². The first kappa shape index (κ1) is 17.9. The minimum atomic E-state index is -0.271. The number of imidazole rings is 1. The van der Waals surface area contributed by atoms with Crippen molar-refractivity contribution in [1.82, 2.24) is 19.8 Å². The number of halogens is 1. The van der Waals surface area contributed by atoms with E-state index in [1.165, 1.54) is 0 Å². The van der Waals surface area contributed by atoms with Crippen LogP contribution in [0.4, 0.5) is 0 Å². The number of H-pyrrole nitrogens is 1. The van der Waals surface area contributed by atoms with Gasteiger partial charge in [0.15, 0.2) is 0 Å². The maximum Gasteiger partial charge on any atom is 0.324 e. The zero-order valence-corrected chi connectivity index (χ0v) is 15.1. The van der Waals surface area contributed by atoms with E-state index >= 15 is 0 Å². The molecule has 0 bridgehead atoms. The predicted molar refractivity (Wildman–Crippen MR) is 96.1 cm³/mol. The van der Waals surface area contributed by atoms with Gasteiger partial charge in [-0.15, -0.1) is 0 Å². The SMILES string of the molecule is CCOC(=O)C1CN(Cc2cnc[nH]2)CCN1Cc1ccc(Cl)cc1. The molecule has 0 amide bonds. The Hall–Kier alpha value is -1.89. The summed E-state index contributed by atoms with van der Waals surface area (Å²) in [5.41, 5.74) is 2.19. The molecule has 2 heterocycles. The molecule has 2 aromatic rings. The molecule has 0 aliphatic carbocycles. The first-order valence-corrected chi connectivity index (χ1v) is 8.88. The number of rotatable bonds is 6. The lowest BCUT2D eigenvalue weighted by Gasteiger charge is -2.39. The molecule has 3 rings (SSSR count). The van der Waals surface area contributed by atoms with Crippen LogP contribution in [0.1, 0.15) is 18.2 Å². The lowest BCUT2D eigenvalue weighted by Crippen LogP contribution is -2.56. The van der Waals surface area contributed by atoms with E-state index in [9.17, 15) is 4.79 Å². The number of esters is 1. The Labute approximate surface area is 152 Å². The fourth-order valence-corrected chi connectivity index (χ4v) is 3.23. The number of aromatic nitrogens is 2. The second-order valence-electron chi connectivity index (χ2n) is 6.18. The Kier molecular flexibility index (Phi) is 6.07. The van der Waals surface area contributed by atoms with Gasteiger partial charge in [0.2, 0.25) is 0 Å². The number of hydrogen-bond acceptors (Lipinski definition) is 5. The number of carbonyl (C=O) groups is 1. The summed E-state index contributed by atoms with van der Waals surface area (Å²) in [4.78, 5) is 24.1. The third kappa shape index (κ3) is 4.81. The first-order valence-electron chi connectivity index (χ1n) is 8.50. The Morgan fingerprint density at radius 3 is 2.80 bits per heavy atom. The van der Waals surface area contributed by atoms with Crippen LogP contribution in [-0.2, 0) is 22.6 Å². The van der Waals surface area contributed by atoms with E-state index in [0.717, 1.165) is 35.9 Å². The Bertz CT molecular complexity index is 675. The molecule has 0 spiro atoms. The van der Waals surface area contributed by atoms with E-state index in [0.29, 0.717) is 19.7 Å². The number of carbonyl (C=O) groups excluding carboxylic acids is 1. The van der Waals surface area contributed by atoms with Gasteiger partial charge in [0, 0.05) is 49.6 Å². The van der Waals surface area contributed by atoms with Gasteiger partial charge >= 0.3 is 5.97 Å². The van der Waals surface area contributed by atoms with Gasteiger partial charge in [0.05, 0.1) is 12.9 Å². The summed E-state index contributed by atoms with van der Waals surface area (Å²) in [6, 6.07) is 7.49. The quantitative estimate of drug-likeness (QED) is 0.799. The summed E-state index contributed by atoms with van der Waals surface area (Å²) in [5.74, 6) is -0.161. The molecule has 1 atom stereocenters. The highest BCUT2D eigenvalue weighted by Crippen LogP contribution is 2.18. The number of piperazine rings is 1. The van der Waals surface area contributed by atoms with Crippen molar-refractivity contribution < 1.29 is 9.53 Å². The van der Waals surface area contributed by atoms with Crippen molar-refractivity contribution in [3.05, 3.63) is 53.1 Å². The normalized spacial score (nSPS) is 19.0. The van der Waals surface area contributed by atoms with E-state index in [1.54, 1.807) is 6.33 Å². The van der Waals surface area contributed by atoms with Gasteiger partial charge in [-0.1, -0.05) is 23.7 Å². The standard InChI is InChI=1S/C18H23ClN4O2/c1-2-25-18(24)17-12-22(11-16-9-20-13-21-16)7-8-23(17)10-14-3-5-15(19)6-4-14/h3-6,9,13,17H,2,7-8,10-12H2,1H3,(H,20,21). The van der Waals surface area contributed by atoms with Crippen molar-refractivity contribution in [2.75, 3.05) is 26.2 Å². The lowest BCUT2D eigenvalue weighted by molar-refractivity contribution is -0.152. The van der Waals surface area contributed by atoms with E-state index in [2.05, 4.69) is 19.8 Å². The summed E-state index contributed by atoms with van der Waals surface area (Å²) in [6.07, 6.45) is 3.49. The van der Waals surface area contributed by atoms with Crippen molar-refractivity contribution >= 4 is 17.6 Å². The zero-order valence-electron chi connectivity index (χ0n) is 14.3. The molecule has 6 nitrogen and oxygen atoms in total. The first-order chi connectivity index (χ1) is 12.2. The van der Waals surface area contributed by atoms with Crippen LogP contribution >= 0.6 is 11.6 Å². The largest absolute Gasteiger partial charge is 0.465 e. The second-order valence-corrected chi connectivity index (χ2v) is 6.61. The molecule has 1 aliphatic rings. The number of hydrogen-bond donors (Lipinski definition) is 1. The van der Waals surface area contributed by atoms with Crippen LogP contribution in [0.3, 0.4) is 0 Å². The number of nitrogens with one attached hydrogen (secondary N) is 1. The van der Waals surface area contributed by atoms with Gasteiger partial charge in [-0.05, 0) is 24.6 Å². The summed E-state index contributed by atoms with van der Waals surface area (Å²) in [6.45, 7) is 6.04. The molecule has 1 saturated heterocycles. The molecule has 1 fully saturated rings. The number of nitrogens with zero attached hydrogens (tertiary/aromatic N) is 3. The molecular formula is C18H23ClN4O2. The molecule has 1 aliphatic heterocycles. The molecular weight excluding hydrogens is 340 g/mol. The van der Waals surface area contributed by atoms with Crippen LogP contribution in [0, 0.1) is 0 Å². The van der Waals surface area contributed by atoms with E-state index in [4.69, 9.17) is 16.3 Å². The van der Waals surface area contributed by atoms with Crippen molar-refractivity contribution in [3.63, 3.8) is 0 Å². The van der Waals surface area contributed by atoms with Gasteiger partial charge < -0.3 is 9.72 Å². The average Bonchev–Trinajstić information content (AvgIpc) is 3.11. The molecule has 25 heavy (non-hydrogen) atoms. The average molecular weight is 363 g/mol. The van der Waals surface area contributed by atoms with Gasteiger partial charge in [0.25, 0.3) is 0 Å². The topological polar surface area (TPSA) is 61.5 Å². The molecule has 1 aromatic heterocycles. The highest BCUT2D eigenvalue weighted by molar-refractivity contribution is 6.30. The number of ether oxygens (including phenoxy) is 1. The third-order valence-corrected chi connectivity index (χ3v) is 4.63. The van der Waals surface area contributed by atoms with Crippen molar-refractivity contribution in [3.8, 4) is 0 Å². The van der Waals surface area contributed by atoms with Gasteiger partial charge in [-0.3, -0.25) is 14.6 Å².